The molecule has 1 aromatic heterocycles. The Morgan fingerprint density at radius 2 is 1.87 bits per heavy atom. The minimum absolute atomic E-state index is 0.0105. The van der Waals surface area contributed by atoms with Crippen LogP contribution in [0.1, 0.15) is 62.9 Å². The number of fused-ring (bicyclic) bond motifs is 1. The molecule has 1 heterocycles. The van der Waals surface area contributed by atoms with E-state index < -0.39 is 18.2 Å². The molecular formula is C27H31F3N4O4. The van der Waals surface area contributed by atoms with Crippen LogP contribution in [0.3, 0.4) is 0 Å². The Balaban J connectivity index is 1.68. The lowest BCUT2D eigenvalue weighted by Gasteiger charge is -2.40. The van der Waals surface area contributed by atoms with Crippen LogP contribution in [0.4, 0.5) is 24.8 Å². The number of nitrogens with one attached hydrogen (secondary N) is 2. The molecule has 1 aliphatic carbocycles. The third kappa shape index (κ3) is 6.76. The normalized spacial score (nSPS) is 19.2. The van der Waals surface area contributed by atoms with Gasteiger partial charge in [-0.1, -0.05) is 20.8 Å². The quantitative estimate of drug-likeness (QED) is 0.316. The minimum Gasteiger partial charge on any atom is -0.481 e. The summed E-state index contributed by atoms with van der Waals surface area (Å²) in [6.07, 6.45) is -2.02. The number of rotatable bonds is 8. The highest BCUT2D eigenvalue weighted by molar-refractivity contribution is 5.98. The van der Waals surface area contributed by atoms with E-state index in [1.807, 2.05) is 6.07 Å². The molecule has 2 aromatic carbocycles. The van der Waals surface area contributed by atoms with Gasteiger partial charge in [0.15, 0.2) is 0 Å². The van der Waals surface area contributed by atoms with Gasteiger partial charge < -0.3 is 25.0 Å². The number of carboxylic acids is 1. The molecule has 2 atom stereocenters. The van der Waals surface area contributed by atoms with Crippen LogP contribution in [-0.4, -0.2) is 39.4 Å². The summed E-state index contributed by atoms with van der Waals surface area (Å²) in [5.74, 6) is -0.726. The van der Waals surface area contributed by atoms with Gasteiger partial charge in [0.25, 0.3) is 5.91 Å². The Kier molecular flexibility index (Phi) is 7.57. The molecule has 38 heavy (non-hydrogen) atoms. The third-order valence-electron chi connectivity index (χ3n) is 6.65. The summed E-state index contributed by atoms with van der Waals surface area (Å²) >= 11 is 0. The topological polar surface area (TPSA) is 105 Å². The summed E-state index contributed by atoms with van der Waals surface area (Å²) in [6.45, 7) is 6.71. The Morgan fingerprint density at radius 1 is 1.16 bits per heavy atom. The number of carbonyl (C=O) groups is 2. The van der Waals surface area contributed by atoms with Gasteiger partial charge in [-0.25, -0.2) is 4.98 Å². The highest BCUT2D eigenvalue weighted by Gasteiger charge is 2.35. The van der Waals surface area contributed by atoms with Gasteiger partial charge in [-0.3, -0.25) is 9.59 Å². The van der Waals surface area contributed by atoms with Crippen LogP contribution in [0.2, 0.25) is 0 Å². The molecule has 3 aromatic rings. The molecular weight excluding hydrogens is 501 g/mol. The average Bonchev–Trinajstić information content (AvgIpc) is 3.14. The molecule has 0 radical (unpaired) electrons. The van der Waals surface area contributed by atoms with Crippen molar-refractivity contribution in [3.63, 3.8) is 0 Å². The molecule has 0 bridgehead atoms. The van der Waals surface area contributed by atoms with Gasteiger partial charge in [0, 0.05) is 23.8 Å². The lowest BCUT2D eigenvalue weighted by molar-refractivity contribution is -0.274. The fourth-order valence-corrected chi connectivity index (χ4v) is 5.44. The number of anilines is 2. The van der Waals surface area contributed by atoms with Crippen molar-refractivity contribution in [3.05, 3.63) is 48.0 Å². The van der Waals surface area contributed by atoms with E-state index in [-0.39, 0.29) is 30.2 Å². The van der Waals surface area contributed by atoms with Crippen LogP contribution in [0.25, 0.3) is 11.0 Å². The fourth-order valence-electron chi connectivity index (χ4n) is 5.44. The minimum atomic E-state index is -4.77. The summed E-state index contributed by atoms with van der Waals surface area (Å²) in [4.78, 5) is 28.1. The van der Waals surface area contributed by atoms with Crippen LogP contribution >= 0.6 is 0 Å². The van der Waals surface area contributed by atoms with Crippen molar-refractivity contribution in [2.24, 2.45) is 11.3 Å². The Hall–Kier alpha value is -3.76. The molecule has 1 fully saturated rings. The van der Waals surface area contributed by atoms with Gasteiger partial charge in [0.05, 0.1) is 17.5 Å². The van der Waals surface area contributed by atoms with Gasteiger partial charge in [-0.2, -0.15) is 0 Å². The van der Waals surface area contributed by atoms with Crippen molar-refractivity contribution in [2.75, 3.05) is 11.9 Å². The number of carbonyl (C=O) groups excluding carboxylic acids is 1. The number of hydrogen-bond donors (Lipinski definition) is 3. The van der Waals surface area contributed by atoms with E-state index in [4.69, 9.17) is 10.1 Å². The van der Waals surface area contributed by atoms with Gasteiger partial charge in [-0.05, 0) is 73.1 Å². The van der Waals surface area contributed by atoms with Crippen LogP contribution in [0.5, 0.6) is 5.75 Å². The van der Waals surface area contributed by atoms with Crippen molar-refractivity contribution in [2.45, 2.75) is 58.9 Å². The number of benzene rings is 2. The standard InChI is InChI=1S/C27H31F3N4O4/c1-16-12-19(15-26(2,3)14-16)34-22-9-4-17(24(37)31-11-10-23(35)36)13-21(22)33-25(34)32-18-5-7-20(8-6-18)38-27(28,29)30/h4-9,13,16,19H,10-12,14-15H2,1-3H3,(H,31,37)(H,32,33)(H,35,36). The molecule has 0 spiro atoms. The van der Waals surface area contributed by atoms with Crippen molar-refractivity contribution < 1.29 is 32.6 Å². The molecule has 0 saturated heterocycles. The number of ether oxygens (including phenoxy) is 1. The first kappa shape index (κ1) is 27.3. The zero-order chi connectivity index (χ0) is 27.7. The molecule has 1 saturated carbocycles. The van der Waals surface area contributed by atoms with Gasteiger partial charge in [0.2, 0.25) is 5.95 Å². The number of nitrogens with zero attached hydrogens (tertiary/aromatic N) is 2. The number of amides is 1. The van der Waals surface area contributed by atoms with E-state index in [1.54, 1.807) is 12.1 Å². The van der Waals surface area contributed by atoms with Gasteiger partial charge in [0.1, 0.15) is 5.75 Å². The predicted octanol–water partition coefficient (Wildman–Crippen LogP) is 6.27. The first-order chi connectivity index (χ1) is 17.8. The zero-order valence-electron chi connectivity index (χ0n) is 21.4. The number of aliphatic carboxylic acids is 1. The van der Waals surface area contributed by atoms with E-state index in [0.29, 0.717) is 28.6 Å². The van der Waals surface area contributed by atoms with E-state index in [2.05, 4.69) is 40.7 Å². The monoisotopic (exact) mass is 532 g/mol. The summed E-state index contributed by atoms with van der Waals surface area (Å²) in [5, 5.41) is 14.6. The van der Waals surface area contributed by atoms with E-state index in [0.717, 1.165) is 24.8 Å². The van der Waals surface area contributed by atoms with E-state index in [1.165, 1.54) is 24.3 Å². The van der Waals surface area contributed by atoms with Crippen molar-refractivity contribution >= 4 is 34.5 Å². The maximum atomic E-state index is 12.6. The fraction of sp³-hybridized carbons (Fsp3) is 0.444. The second-order valence-electron chi connectivity index (χ2n) is 10.7. The first-order valence-electron chi connectivity index (χ1n) is 12.4. The van der Waals surface area contributed by atoms with Crippen molar-refractivity contribution in [3.8, 4) is 5.75 Å². The number of carboxylic acid groups (broad SMARTS) is 1. The summed E-state index contributed by atoms with van der Waals surface area (Å²) in [5.41, 5.74) is 2.39. The molecule has 1 aliphatic rings. The Morgan fingerprint density at radius 3 is 2.50 bits per heavy atom. The SMILES string of the molecule is CC1CC(n2c(Nc3ccc(OC(F)(F)F)cc3)nc3cc(C(=O)NCCC(=O)O)ccc32)CC(C)(C)C1. The zero-order valence-corrected chi connectivity index (χ0v) is 21.4. The molecule has 1 amide bonds. The third-order valence-corrected chi connectivity index (χ3v) is 6.65. The largest absolute Gasteiger partial charge is 0.573 e. The Labute approximate surface area is 218 Å². The molecule has 4 rings (SSSR count). The molecule has 2 unspecified atom stereocenters. The smallest absolute Gasteiger partial charge is 0.481 e. The first-order valence-corrected chi connectivity index (χ1v) is 12.4. The van der Waals surface area contributed by atoms with Crippen molar-refractivity contribution in [1.82, 2.24) is 14.9 Å². The number of alkyl halides is 3. The number of halogens is 3. The molecule has 3 N–H and O–H groups in total. The van der Waals surface area contributed by atoms with Gasteiger partial charge >= 0.3 is 12.3 Å². The second kappa shape index (κ2) is 10.5. The molecule has 0 aliphatic heterocycles. The second-order valence-corrected chi connectivity index (χ2v) is 10.7. The number of imidazole rings is 1. The Bertz CT molecular complexity index is 1320. The maximum Gasteiger partial charge on any atom is 0.573 e. The number of hydrogen-bond acceptors (Lipinski definition) is 5. The summed E-state index contributed by atoms with van der Waals surface area (Å²) in [6, 6.07) is 10.7. The van der Waals surface area contributed by atoms with Crippen LogP contribution in [0.15, 0.2) is 42.5 Å². The van der Waals surface area contributed by atoms with Crippen LogP contribution < -0.4 is 15.4 Å². The van der Waals surface area contributed by atoms with E-state index >= 15 is 0 Å². The summed E-state index contributed by atoms with van der Waals surface area (Å²) in [7, 11) is 0. The average molecular weight is 533 g/mol. The predicted molar refractivity (Wildman–Crippen MR) is 137 cm³/mol. The van der Waals surface area contributed by atoms with Crippen LogP contribution in [-0.2, 0) is 4.79 Å². The molecule has 204 valence electrons. The summed E-state index contributed by atoms with van der Waals surface area (Å²) < 4.78 is 43.7. The van der Waals surface area contributed by atoms with Gasteiger partial charge in [-0.15, -0.1) is 13.2 Å². The van der Waals surface area contributed by atoms with E-state index in [9.17, 15) is 22.8 Å². The molecule has 11 heteroatoms. The highest BCUT2D eigenvalue weighted by Crippen LogP contribution is 2.46. The lowest BCUT2D eigenvalue weighted by atomic mass is 9.70. The maximum absolute atomic E-state index is 12.6. The number of aromatic nitrogens is 2. The highest BCUT2D eigenvalue weighted by atomic mass is 19.4. The van der Waals surface area contributed by atoms with Crippen molar-refractivity contribution in [1.29, 1.82) is 0 Å². The van der Waals surface area contributed by atoms with Crippen LogP contribution in [0, 0.1) is 11.3 Å². The lowest BCUT2D eigenvalue weighted by Crippen LogP contribution is -2.29. The molecule has 8 nitrogen and oxygen atoms in total.